The lowest BCUT2D eigenvalue weighted by Gasteiger charge is -2.11. The Labute approximate surface area is 80.5 Å². The van der Waals surface area contributed by atoms with Gasteiger partial charge in [-0.25, -0.2) is 0 Å². The number of aliphatic hydroxyl groups is 1. The summed E-state index contributed by atoms with van der Waals surface area (Å²) >= 11 is 5.61. The fraction of sp³-hybridized carbons (Fsp3) is 0.429. The molecule has 13 heavy (non-hydrogen) atoms. The Balaban J connectivity index is 3.07. The van der Waals surface area contributed by atoms with Crippen molar-refractivity contribution in [3.63, 3.8) is 0 Å². The largest absolute Gasteiger partial charge is 0.480 e. The Morgan fingerprint density at radius 2 is 2.38 bits per heavy atom. The topological polar surface area (TPSA) is 81.3 Å². The highest BCUT2D eigenvalue weighted by molar-refractivity contribution is 6.29. The maximum absolute atomic E-state index is 8.83. The van der Waals surface area contributed by atoms with Crippen LogP contribution in [0.15, 0.2) is 6.07 Å². The normalized spacial score (nSPS) is 12.6. The minimum Gasteiger partial charge on any atom is -0.480 e. The number of hydrogen-bond donors (Lipinski definition) is 2. The minimum absolute atomic E-state index is 0.196. The van der Waals surface area contributed by atoms with E-state index in [1.807, 2.05) is 0 Å². The summed E-state index contributed by atoms with van der Waals surface area (Å²) in [5.41, 5.74) is 6.13. The zero-order valence-electron chi connectivity index (χ0n) is 7.07. The summed E-state index contributed by atoms with van der Waals surface area (Å²) in [4.78, 5) is 0. The van der Waals surface area contributed by atoms with Crippen molar-refractivity contribution < 1.29 is 9.84 Å². The molecule has 0 radical (unpaired) electrons. The fourth-order valence-electron chi connectivity index (χ4n) is 0.892. The lowest BCUT2D eigenvalue weighted by Crippen LogP contribution is -2.16. The molecule has 1 aromatic rings. The van der Waals surface area contributed by atoms with Gasteiger partial charge in [0.25, 0.3) is 0 Å². The molecule has 0 saturated heterocycles. The zero-order chi connectivity index (χ0) is 9.84. The SMILES string of the molecule is COc1nnc(Cl)cc1C(N)CO. The number of halogens is 1. The Kier molecular flexibility index (Phi) is 3.41. The molecule has 3 N–H and O–H groups in total. The van der Waals surface area contributed by atoms with Crippen LogP contribution in [0.25, 0.3) is 0 Å². The van der Waals surface area contributed by atoms with E-state index in [1.54, 1.807) is 0 Å². The summed E-state index contributed by atoms with van der Waals surface area (Å²) < 4.78 is 4.90. The van der Waals surface area contributed by atoms with Crippen LogP contribution in [0.5, 0.6) is 5.88 Å². The number of hydrogen-bond acceptors (Lipinski definition) is 5. The molecular weight excluding hydrogens is 194 g/mol. The first-order valence-corrected chi connectivity index (χ1v) is 4.00. The van der Waals surface area contributed by atoms with E-state index in [0.29, 0.717) is 5.56 Å². The first-order chi connectivity index (χ1) is 6.19. The van der Waals surface area contributed by atoms with E-state index in [-0.39, 0.29) is 17.6 Å². The van der Waals surface area contributed by atoms with E-state index in [9.17, 15) is 0 Å². The third-order valence-corrected chi connectivity index (χ3v) is 1.73. The number of nitrogens with zero attached hydrogens (tertiary/aromatic N) is 2. The van der Waals surface area contributed by atoms with Gasteiger partial charge < -0.3 is 15.6 Å². The van der Waals surface area contributed by atoms with Crippen LogP contribution in [0, 0.1) is 0 Å². The lowest BCUT2D eigenvalue weighted by molar-refractivity contribution is 0.263. The van der Waals surface area contributed by atoms with Gasteiger partial charge in [0.05, 0.1) is 19.8 Å². The summed E-state index contributed by atoms with van der Waals surface area (Å²) in [6, 6.07) is 0.969. The van der Waals surface area contributed by atoms with Crippen molar-refractivity contribution in [3.05, 3.63) is 16.8 Å². The highest BCUT2D eigenvalue weighted by atomic mass is 35.5. The number of aromatic nitrogens is 2. The van der Waals surface area contributed by atoms with E-state index < -0.39 is 6.04 Å². The van der Waals surface area contributed by atoms with Gasteiger partial charge in [-0.15, -0.1) is 10.2 Å². The monoisotopic (exact) mass is 203 g/mol. The molecule has 0 aliphatic carbocycles. The zero-order valence-corrected chi connectivity index (χ0v) is 7.82. The van der Waals surface area contributed by atoms with Crippen molar-refractivity contribution in [2.45, 2.75) is 6.04 Å². The van der Waals surface area contributed by atoms with Gasteiger partial charge in [0, 0.05) is 5.56 Å². The lowest BCUT2D eigenvalue weighted by atomic mass is 10.1. The molecule has 6 heteroatoms. The molecule has 0 aliphatic rings. The number of aliphatic hydroxyl groups excluding tert-OH is 1. The Bertz CT molecular complexity index is 295. The molecule has 72 valence electrons. The molecular formula is C7H10ClN3O2. The molecule has 5 nitrogen and oxygen atoms in total. The Morgan fingerprint density at radius 3 is 2.92 bits per heavy atom. The standard InChI is InChI=1S/C7H10ClN3O2/c1-13-7-4(5(9)3-12)2-6(8)10-11-7/h2,5,12H,3,9H2,1H3. The first kappa shape index (κ1) is 10.2. The van der Waals surface area contributed by atoms with Gasteiger partial charge in [-0.3, -0.25) is 0 Å². The fourth-order valence-corrected chi connectivity index (χ4v) is 1.05. The second-order valence-electron chi connectivity index (χ2n) is 2.42. The van der Waals surface area contributed by atoms with Gasteiger partial charge in [0.1, 0.15) is 0 Å². The van der Waals surface area contributed by atoms with Crippen LogP contribution in [0.3, 0.4) is 0 Å². The number of rotatable bonds is 3. The van der Waals surface area contributed by atoms with Gasteiger partial charge in [-0.1, -0.05) is 11.6 Å². The van der Waals surface area contributed by atoms with Gasteiger partial charge in [-0.2, -0.15) is 0 Å². The highest BCUT2D eigenvalue weighted by Crippen LogP contribution is 2.22. The first-order valence-electron chi connectivity index (χ1n) is 3.62. The summed E-state index contributed by atoms with van der Waals surface area (Å²) in [5.74, 6) is 0.283. The van der Waals surface area contributed by atoms with Crippen molar-refractivity contribution in [1.82, 2.24) is 10.2 Å². The molecule has 0 aromatic carbocycles. The average Bonchev–Trinajstić information content (AvgIpc) is 2.16. The predicted molar refractivity (Wildman–Crippen MR) is 47.6 cm³/mol. The van der Waals surface area contributed by atoms with Gasteiger partial charge >= 0.3 is 0 Å². The minimum atomic E-state index is -0.553. The molecule has 0 aliphatic heterocycles. The van der Waals surface area contributed by atoms with E-state index >= 15 is 0 Å². The maximum Gasteiger partial charge on any atom is 0.238 e. The van der Waals surface area contributed by atoms with Crippen molar-refractivity contribution in [3.8, 4) is 5.88 Å². The van der Waals surface area contributed by atoms with Crippen LogP contribution < -0.4 is 10.5 Å². The molecule has 0 amide bonds. The van der Waals surface area contributed by atoms with Gasteiger partial charge in [-0.05, 0) is 6.07 Å². The van der Waals surface area contributed by atoms with Crippen molar-refractivity contribution in [2.24, 2.45) is 5.73 Å². The number of methoxy groups -OCH3 is 1. The molecule has 0 saturated carbocycles. The molecule has 1 atom stereocenters. The predicted octanol–water partition coefficient (Wildman–Crippen LogP) is 0.131. The molecule has 1 unspecified atom stereocenters. The van der Waals surface area contributed by atoms with Crippen LogP contribution in [-0.2, 0) is 0 Å². The summed E-state index contributed by atoms with van der Waals surface area (Å²) in [6.45, 7) is -0.196. The van der Waals surface area contributed by atoms with Crippen LogP contribution in [-0.4, -0.2) is 29.0 Å². The molecule has 1 rings (SSSR count). The van der Waals surface area contributed by atoms with Crippen molar-refractivity contribution in [2.75, 3.05) is 13.7 Å². The third kappa shape index (κ3) is 2.27. The second-order valence-corrected chi connectivity index (χ2v) is 2.81. The molecule has 0 bridgehead atoms. The third-order valence-electron chi connectivity index (χ3n) is 1.55. The molecule has 0 fully saturated rings. The molecule has 1 heterocycles. The Hall–Kier alpha value is -0.910. The van der Waals surface area contributed by atoms with Crippen LogP contribution in [0.4, 0.5) is 0 Å². The van der Waals surface area contributed by atoms with Crippen molar-refractivity contribution in [1.29, 1.82) is 0 Å². The summed E-state index contributed by atoms with van der Waals surface area (Å²) in [5, 5.41) is 16.3. The average molecular weight is 204 g/mol. The maximum atomic E-state index is 8.83. The van der Waals surface area contributed by atoms with E-state index in [0.717, 1.165) is 0 Å². The highest BCUT2D eigenvalue weighted by Gasteiger charge is 2.13. The summed E-state index contributed by atoms with van der Waals surface area (Å²) in [7, 11) is 1.45. The smallest absolute Gasteiger partial charge is 0.238 e. The quantitative estimate of drug-likeness (QED) is 0.730. The van der Waals surface area contributed by atoms with Crippen LogP contribution in [0.1, 0.15) is 11.6 Å². The summed E-state index contributed by atoms with van der Waals surface area (Å²) in [6.07, 6.45) is 0. The van der Waals surface area contributed by atoms with E-state index in [1.165, 1.54) is 13.2 Å². The Morgan fingerprint density at radius 1 is 1.69 bits per heavy atom. The van der Waals surface area contributed by atoms with Crippen LogP contribution in [0.2, 0.25) is 5.15 Å². The molecule has 0 spiro atoms. The van der Waals surface area contributed by atoms with Crippen molar-refractivity contribution >= 4 is 11.6 Å². The molecule has 1 aromatic heterocycles. The van der Waals surface area contributed by atoms with Gasteiger partial charge in [0.2, 0.25) is 5.88 Å². The second kappa shape index (κ2) is 4.36. The van der Waals surface area contributed by atoms with E-state index in [2.05, 4.69) is 10.2 Å². The number of ether oxygens (including phenoxy) is 1. The van der Waals surface area contributed by atoms with Crippen LogP contribution >= 0.6 is 11.6 Å². The van der Waals surface area contributed by atoms with Gasteiger partial charge in [0.15, 0.2) is 5.15 Å². The van der Waals surface area contributed by atoms with E-state index in [4.69, 9.17) is 27.2 Å². The number of nitrogens with two attached hydrogens (primary N) is 1.